The van der Waals surface area contributed by atoms with Gasteiger partial charge in [0.25, 0.3) is 0 Å². The topological polar surface area (TPSA) is 102 Å². The first kappa shape index (κ1) is 19.8. The van der Waals surface area contributed by atoms with Gasteiger partial charge in [-0.25, -0.2) is 9.13 Å². The summed E-state index contributed by atoms with van der Waals surface area (Å²) in [6, 6.07) is 0. The molecule has 0 bridgehead atoms. The summed E-state index contributed by atoms with van der Waals surface area (Å²) in [5.41, 5.74) is 2.21. The molecule has 0 aromatic carbocycles. The summed E-state index contributed by atoms with van der Waals surface area (Å²) in [6.45, 7) is 5.72. The minimum atomic E-state index is -4.63. The molecule has 2 atom stereocenters. The van der Waals surface area contributed by atoms with Gasteiger partial charge < -0.3 is 9.79 Å². The molecular weight excluding hydrogens is 330 g/mol. The Morgan fingerprint density at radius 2 is 1.77 bits per heavy atom. The van der Waals surface area contributed by atoms with Crippen molar-refractivity contribution in [3.05, 3.63) is 23.3 Å². The molecule has 1 rings (SSSR count). The van der Waals surface area contributed by atoms with Crippen LogP contribution in [-0.4, -0.2) is 22.5 Å². The van der Waals surface area contributed by atoms with Crippen LogP contribution in [-0.2, 0) is 22.5 Å². The quantitative estimate of drug-likeness (QED) is 0.450. The van der Waals surface area contributed by atoms with Crippen LogP contribution in [0.25, 0.3) is 0 Å². The van der Waals surface area contributed by atoms with Crippen LogP contribution in [0.1, 0.15) is 46.5 Å². The second kappa shape index (κ2) is 8.55. The lowest BCUT2D eigenvalue weighted by atomic mass is 10.1. The average molecular weight is 354 g/mol. The van der Waals surface area contributed by atoms with Crippen LogP contribution < -0.4 is 0 Å². The van der Waals surface area contributed by atoms with E-state index in [4.69, 9.17) is 0 Å². The number of phosphoric ester groups is 2. The Kier molecular flexibility index (Phi) is 7.69. The Bertz CT molecular complexity index is 518. The molecule has 0 saturated heterocycles. The van der Waals surface area contributed by atoms with E-state index in [0.717, 1.165) is 18.4 Å². The van der Waals surface area contributed by atoms with Crippen molar-refractivity contribution < 1.29 is 32.3 Å². The summed E-state index contributed by atoms with van der Waals surface area (Å²) < 4.78 is 36.5. The predicted octanol–water partition coefficient (Wildman–Crippen LogP) is 4.09. The molecule has 9 heteroatoms. The smallest absolute Gasteiger partial charge is 0.302 e. The van der Waals surface area contributed by atoms with E-state index in [-0.39, 0.29) is 12.7 Å². The molecule has 0 heterocycles. The molecule has 128 valence electrons. The van der Waals surface area contributed by atoms with Crippen molar-refractivity contribution in [2.45, 2.75) is 52.6 Å². The zero-order valence-corrected chi connectivity index (χ0v) is 14.9. The van der Waals surface area contributed by atoms with Crippen molar-refractivity contribution in [2.75, 3.05) is 6.61 Å². The number of allylic oxidation sites excluding steroid dienone is 3. The van der Waals surface area contributed by atoms with Gasteiger partial charge in [-0.2, -0.15) is 4.31 Å². The fourth-order valence-electron chi connectivity index (χ4n) is 1.50. The maximum Gasteiger partial charge on any atom is 0.481 e. The van der Waals surface area contributed by atoms with Crippen LogP contribution in [0.3, 0.4) is 0 Å². The van der Waals surface area contributed by atoms with Crippen LogP contribution >= 0.6 is 15.6 Å². The molecule has 7 nitrogen and oxygen atoms in total. The van der Waals surface area contributed by atoms with E-state index in [0.29, 0.717) is 12.8 Å². The van der Waals surface area contributed by atoms with Gasteiger partial charge in [-0.15, -0.1) is 0 Å². The fourth-order valence-corrected chi connectivity index (χ4v) is 3.74. The van der Waals surface area contributed by atoms with Crippen molar-refractivity contribution in [3.63, 3.8) is 0 Å². The highest BCUT2D eigenvalue weighted by Gasteiger charge is 2.40. The lowest BCUT2D eigenvalue weighted by molar-refractivity contribution is 0.156. The normalized spacial score (nSPS) is 21.0. The number of hydrogen-bond acceptors (Lipinski definition) is 5. The van der Waals surface area contributed by atoms with Crippen LogP contribution in [0, 0.1) is 0 Å². The zero-order chi connectivity index (χ0) is 16.8. The number of hydrogen-bond donors (Lipinski definition) is 2. The second-order valence-electron chi connectivity index (χ2n) is 5.49. The molecule has 2 unspecified atom stereocenters. The van der Waals surface area contributed by atoms with Crippen molar-refractivity contribution in [3.8, 4) is 0 Å². The van der Waals surface area contributed by atoms with Gasteiger partial charge in [-0.1, -0.05) is 23.3 Å². The van der Waals surface area contributed by atoms with Gasteiger partial charge in [0.1, 0.15) is 0 Å². The van der Waals surface area contributed by atoms with E-state index in [9.17, 15) is 18.9 Å². The van der Waals surface area contributed by atoms with Crippen LogP contribution in [0.15, 0.2) is 23.3 Å². The predicted molar refractivity (Wildman–Crippen MR) is 83.2 cm³/mol. The Morgan fingerprint density at radius 3 is 2.32 bits per heavy atom. The first-order chi connectivity index (χ1) is 10.1. The van der Waals surface area contributed by atoms with Gasteiger partial charge >= 0.3 is 15.6 Å². The molecule has 0 aromatic rings. The van der Waals surface area contributed by atoms with E-state index in [1.54, 1.807) is 6.08 Å². The van der Waals surface area contributed by atoms with Crippen molar-refractivity contribution in [1.29, 1.82) is 0 Å². The summed E-state index contributed by atoms with van der Waals surface area (Å²) >= 11 is 0. The van der Waals surface area contributed by atoms with Crippen molar-refractivity contribution in [1.82, 2.24) is 0 Å². The summed E-state index contributed by atoms with van der Waals surface area (Å²) in [7, 11) is -9.20. The van der Waals surface area contributed by atoms with Gasteiger partial charge in [-0.3, -0.25) is 9.05 Å². The maximum atomic E-state index is 11.6. The van der Waals surface area contributed by atoms with Gasteiger partial charge in [0.2, 0.25) is 0 Å². The van der Waals surface area contributed by atoms with E-state index in [2.05, 4.69) is 19.4 Å². The Balaban J connectivity index is 2.36. The van der Waals surface area contributed by atoms with E-state index in [1.165, 1.54) is 5.57 Å². The van der Waals surface area contributed by atoms with Gasteiger partial charge in [0.05, 0.1) is 12.7 Å². The van der Waals surface area contributed by atoms with Crippen molar-refractivity contribution in [2.24, 2.45) is 0 Å². The standard InChI is InChI=1S/C13H24O7P2/c1-11(2)5-4-6-12(3)9-10-18-21(14,15)20-22(16,17)19-13-7-8-13/h5,9,13H,4,6-8,10H2,1-3H3,(H,14,15)(H,16,17)/b12-9+. The average Bonchev–Trinajstić information content (AvgIpc) is 3.09. The molecule has 0 aromatic heterocycles. The summed E-state index contributed by atoms with van der Waals surface area (Å²) in [5, 5.41) is 0. The summed E-state index contributed by atoms with van der Waals surface area (Å²) in [4.78, 5) is 18.7. The molecule has 0 aliphatic heterocycles. The second-order valence-corrected chi connectivity index (χ2v) is 8.49. The van der Waals surface area contributed by atoms with Crippen LogP contribution in [0.2, 0.25) is 0 Å². The minimum Gasteiger partial charge on any atom is -0.302 e. The molecule has 0 radical (unpaired) electrons. The van der Waals surface area contributed by atoms with E-state index < -0.39 is 15.6 Å². The molecule has 0 amide bonds. The lowest BCUT2D eigenvalue weighted by Gasteiger charge is -2.15. The third-order valence-corrected chi connectivity index (χ3v) is 5.46. The van der Waals surface area contributed by atoms with Gasteiger partial charge in [-0.05, 0) is 46.5 Å². The first-order valence-corrected chi connectivity index (χ1v) is 10.1. The van der Waals surface area contributed by atoms with E-state index in [1.807, 2.05) is 20.8 Å². The molecule has 1 aliphatic carbocycles. The molecular formula is C13H24O7P2. The molecule has 0 spiro atoms. The Labute approximate surface area is 131 Å². The molecule has 1 saturated carbocycles. The monoisotopic (exact) mass is 354 g/mol. The number of phosphoric acid groups is 2. The third-order valence-electron chi connectivity index (χ3n) is 2.77. The molecule has 22 heavy (non-hydrogen) atoms. The first-order valence-electron chi connectivity index (χ1n) is 7.08. The highest BCUT2D eigenvalue weighted by Crippen LogP contribution is 2.62. The Morgan fingerprint density at radius 1 is 1.14 bits per heavy atom. The molecule has 2 N–H and O–H groups in total. The number of rotatable bonds is 10. The Hall–Kier alpha value is -0.260. The largest absolute Gasteiger partial charge is 0.481 e. The maximum absolute atomic E-state index is 11.6. The lowest BCUT2D eigenvalue weighted by Crippen LogP contribution is -1.98. The fraction of sp³-hybridized carbons (Fsp3) is 0.692. The van der Waals surface area contributed by atoms with E-state index >= 15 is 0 Å². The highest BCUT2D eigenvalue weighted by molar-refractivity contribution is 7.61. The summed E-state index contributed by atoms with van der Waals surface area (Å²) in [5.74, 6) is 0. The molecule has 1 fully saturated rings. The zero-order valence-electron chi connectivity index (χ0n) is 13.1. The van der Waals surface area contributed by atoms with Gasteiger partial charge in [0, 0.05) is 0 Å². The van der Waals surface area contributed by atoms with Crippen molar-refractivity contribution >= 4 is 15.6 Å². The van der Waals surface area contributed by atoms with Gasteiger partial charge in [0.15, 0.2) is 0 Å². The third kappa shape index (κ3) is 9.70. The van der Waals surface area contributed by atoms with Crippen LogP contribution in [0.4, 0.5) is 0 Å². The van der Waals surface area contributed by atoms with Crippen LogP contribution in [0.5, 0.6) is 0 Å². The minimum absolute atomic E-state index is 0.183. The highest BCUT2D eigenvalue weighted by atomic mass is 31.3. The summed E-state index contributed by atoms with van der Waals surface area (Å²) in [6.07, 6.45) is 6.29. The SMILES string of the molecule is CC(C)=CCC/C(C)=C/COP(=O)(O)OP(=O)(O)OC1CC1. The molecule has 1 aliphatic rings.